The van der Waals surface area contributed by atoms with Crippen LogP contribution >= 0.6 is 11.8 Å². The molecule has 1 heterocycles. The molecule has 144 valence electrons. The van der Waals surface area contributed by atoms with Crippen molar-refractivity contribution in [3.05, 3.63) is 81.4 Å². The Bertz CT molecular complexity index is 1010. The average molecular weight is 401 g/mol. The molecule has 0 aliphatic rings. The van der Waals surface area contributed by atoms with Crippen LogP contribution in [0, 0.1) is 15.9 Å². The average Bonchev–Trinajstić information content (AvgIpc) is 3.04. The van der Waals surface area contributed by atoms with Crippen LogP contribution < -0.4 is 5.32 Å². The highest BCUT2D eigenvalue weighted by molar-refractivity contribution is 7.98. The van der Waals surface area contributed by atoms with E-state index in [-0.39, 0.29) is 17.8 Å². The van der Waals surface area contributed by atoms with Crippen molar-refractivity contribution in [3.63, 3.8) is 0 Å². The topological polar surface area (TPSA) is 103 Å². The van der Waals surface area contributed by atoms with E-state index >= 15 is 0 Å². The maximum Gasteiger partial charge on any atom is 0.269 e. The van der Waals surface area contributed by atoms with Crippen LogP contribution in [0.3, 0.4) is 0 Å². The molecule has 0 spiro atoms. The molecular formula is C18H16FN5O3S. The summed E-state index contributed by atoms with van der Waals surface area (Å²) in [7, 11) is 1.77. The van der Waals surface area contributed by atoms with Crippen molar-refractivity contribution in [1.82, 2.24) is 20.1 Å². The molecule has 0 radical (unpaired) electrons. The van der Waals surface area contributed by atoms with Gasteiger partial charge in [-0.25, -0.2) is 4.39 Å². The summed E-state index contributed by atoms with van der Waals surface area (Å²) < 4.78 is 15.4. The minimum atomic E-state index is -0.586. The number of nitrogens with one attached hydrogen (secondary N) is 1. The van der Waals surface area contributed by atoms with E-state index in [1.807, 2.05) is 0 Å². The third-order valence-electron chi connectivity index (χ3n) is 3.97. The van der Waals surface area contributed by atoms with Crippen molar-refractivity contribution in [2.45, 2.75) is 17.5 Å². The number of aromatic nitrogens is 3. The Morgan fingerprint density at radius 1 is 1.21 bits per heavy atom. The van der Waals surface area contributed by atoms with E-state index in [4.69, 9.17) is 0 Å². The van der Waals surface area contributed by atoms with Gasteiger partial charge >= 0.3 is 0 Å². The molecule has 0 atom stereocenters. The molecule has 0 saturated heterocycles. The van der Waals surface area contributed by atoms with E-state index < -0.39 is 16.6 Å². The fourth-order valence-electron chi connectivity index (χ4n) is 2.39. The monoisotopic (exact) mass is 401 g/mol. The highest BCUT2D eigenvalue weighted by Crippen LogP contribution is 2.22. The van der Waals surface area contributed by atoms with Gasteiger partial charge in [0.25, 0.3) is 11.6 Å². The Balaban J connectivity index is 1.58. The summed E-state index contributed by atoms with van der Waals surface area (Å²) in [6.45, 7) is 0.106. The first-order chi connectivity index (χ1) is 13.5. The second-order valence-electron chi connectivity index (χ2n) is 5.83. The lowest BCUT2D eigenvalue weighted by atomic mass is 10.2. The SMILES string of the molecule is Cn1c(CNC(=O)c2ccccc2F)nnc1SCc1ccc([N+](=O)[O-])cc1. The smallest absolute Gasteiger partial charge is 0.269 e. The summed E-state index contributed by atoms with van der Waals surface area (Å²) in [6.07, 6.45) is 0. The molecule has 0 saturated carbocycles. The summed E-state index contributed by atoms with van der Waals surface area (Å²) in [6, 6.07) is 12.0. The van der Waals surface area contributed by atoms with Crippen molar-refractivity contribution < 1.29 is 14.1 Å². The van der Waals surface area contributed by atoms with Crippen molar-refractivity contribution >= 4 is 23.4 Å². The number of rotatable bonds is 7. The van der Waals surface area contributed by atoms with Gasteiger partial charge < -0.3 is 9.88 Å². The largest absolute Gasteiger partial charge is 0.345 e. The molecule has 2 aromatic carbocycles. The molecule has 1 aromatic heterocycles. The molecule has 3 rings (SSSR count). The van der Waals surface area contributed by atoms with Gasteiger partial charge in [-0.3, -0.25) is 14.9 Å². The van der Waals surface area contributed by atoms with Crippen LogP contribution in [0.15, 0.2) is 53.7 Å². The highest BCUT2D eigenvalue weighted by Gasteiger charge is 2.14. The van der Waals surface area contributed by atoms with Gasteiger partial charge in [0.05, 0.1) is 17.0 Å². The fraction of sp³-hybridized carbons (Fsp3) is 0.167. The minimum Gasteiger partial charge on any atom is -0.345 e. The van der Waals surface area contributed by atoms with Crippen LogP contribution in [-0.4, -0.2) is 25.6 Å². The first-order valence-corrected chi connectivity index (χ1v) is 9.21. The predicted octanol–water partition coefficient (Wildman–Crippen LogP) is 3.08. The summed E-state index contributed by atoms with van der Waals surface area (Å²) in [5, 5.41) is 22.1. The van der Waals surface area contributed by atoms with Gasteiger partial charge in [-0.2, -0.15) is 0 Å². The van der Waals surface area contributed by atoms with Crippen LogP contribution in [0.2, 0.25) is 0 Å². The summed E-state index contributed by atoms with van der Waals surface area (Å²) in [5.74, 6) is -0.0275. The maximum atomic E-state index is 13.6. The summed E-state index contributed by atoms with van der Waals surface area (Å²) in [4.78, 5) is 22.3. The third kappa shape index (κ3) is 4.52. The predicted molar refractivity (Wildman–Crippen MR) is 101 cm³/mol. The quantitative estimate of drug-likeness (QED) is 0.371. The number of benzene rings is 2. The maximum absolute atomic E-state index is 13.6. The van der Waals surface area contributed by atoms with Gasteiger partial charge in [0.1, 0.15) is 5.82 Å². The number of carbonyl (C=O) groups is 1. The third-order valence-corrected chi connectivity index (χ3v) is 5.06. The molecule has 1 N–H and O–H groups in total. The number of halogens is 1. The first-order valence-electron chi connectivity index (χ1n) is 8.23. The Kier molecular flexibility index (Phi) is 5.99. The molecule has 28 heavy (non-hydrogen) atoms. The molecule has 0 fully saturated rings. The number of thioether (sulfide) groups is 1. The minimum absolute atomic E-state index is 0.0302. The Labute approximate surface area is 163 Å². The Hall–Kier alpha value is -3.27. The van der Waals surface area contributed by atoms with Crippen LogP contribution in [0.1, 0.15) is 21.7 Å². The lowest BCUT2D eigenvalue weighted by Gasteiger charge is -2.07. The second-order valence-corrected chi connectivity index (χ2v) is 6.78. The van der Waals surface area contributed by atoms with Gasteiger partial charge in [-0.05, 0) is 17.7 Å². The number of nitro groups is 1. The van der Waals surface area contributed by atoms with Crippen molar-refractivity contribution in [3.8, 4) is 0 Å². The highest BCUT2D eigenvalue weighted by atomic mass is 32.2. The standard InChI is InChI=1S/C18H16FN5O3S/c1-23-16(10-20-17(25)14-4-2-3-5-15(14)19)21-22-18(23)28-11-12-6-8-13(9-7-12)24(26)27/h2-9H,10-11H2,1H3,(H,20,25). The molecule has 1 amide bonds. The molecular weight excluding hydrogens is 385 g/mol. The first kappa shape index (κ1) is 19.5. The molecule has 0 aliphatic heterocycles. The number of non-ortho nitro benzene ring substituents is 1. The molecule has 0 aliphatic carbocycles. The van der Waals surface area contributed by atoms with Gasteiger partial charge in [0.2, 0.25) is 0 Å². The molecule has 8 nitrogen and oxygen atoms in total. The molecule has 10 heteroatoms. The molecule has 3 aromatic rings. The lowest BCUT2D eigenvalue weighted by Crippen LogP contribution is -2.25. The van der Waals surface area contributed by atoms with Crippen LogP contribution in [0.4, 0.5) is 10.1 Å². The second kappa shape index (κ2) is 8.61. The van der Waals surface area contributed by atoms with Crippen molar-refractivity contribution in [1.29, 1.82) is 0 Å². The lowest BCUT2D eigenvalue weighted by molar-refractivity contribution is -0.384. The number of nitro benzene ring substituents is 1. The number of nitrogens with zero attached hydrogens (tertiary/aromatic N) is 4. The number of hydrogen-bond acceptors (Lipinski definition) is 6. The number of amides is 1. The zero-order chi connectivity index (χ0) is 20.1. The van der Waals surface area contributed by atoms with Gasteiger partial charge in [-0.1, -0.05) is 36.0 Å². The summed E-state index contributed by atoms with van der Waals surface area (Å²) in [5.41, 5.74) is 0.922. The van der Waals surface area contributed by atoms with Gasteiger partial charge in [-0.15, -0.1) is 10.2 Å². The van der Waals surface area contributed by atoms with Gasteiger partial charge in [0.15, 0.2) is 11.0 Å². The molecule has 0 unspecified atom stereocenters. The number of carbonyl (C=O) groups excluding carboxylic acids is 1. The van der Waals surface area contributed by atoms with Crippen LogP contribution in [0.5, 0.6) is 0 Å². The van der Waals surface area contributed by atoms with E-state index in [9.17, 15) is 19.3 Å². The van der Waals surface area contributed by atoms with E-state index in [0.717, 1.165) is 5.56 Å². The summed E-state index contributed by atoms with van der Waals surface area (Å²) >= 11 is 1.42. The number of hydrogen-bond donors (Lipinski definition) is 1. The fourth-order valence-corrected chi connectivity index (χ4v) is 3.27. The molecule has 0 bridgehead atoms. The Morgan fingerprint density at radius 2 is 1.93 bits per heavy atom. The zero-order valence-electron chi connectivity index (χ0n) is 14.8. The van der Waals surface area contributed by atoms with Crippen molar-refractivity contribution in [2.75, 3.05) is 0 Å². The zero-order valence-corrected chi connectivity index (χ0v) is 15.6. The normalized spacial score (nSPS) is 10.6. The van der Waals surface area contributed by atoms with Crippen LogP contribution in [-0.2, 0) is 19.3 Å². The van der Waals surface area contributed by atoms with E-state index in [1.54, 1.807) is 29.8 Å². The van der Waals surface area contributed by atoms with E-state index in [2.05, 4.69) is 15.5 Å². The van der Waals surface area contributed by atoms with Crippen LogP contribution in [0.25, 0.3) is 0 Å². The van der Waals surface area contributed by atoms with Crippen molar-refractivity contribution in [2.24, 2.45) is 7.05 Å². The Morgan fingerprint density at radius 3 is 2.61 bits per heavy atom. The van der Waals surface area contributed by atoms with Gasteiger partial charge in [0, 0.05) is 24.9 Å². The van der Waals surface area contributed by atoms with E-state index in [1.165, 1.54) is 42.1 Å². The van der Waals surface area contributed by atoms with E-state index in [0.29, 0.717) is 16.7 Å².